The first-order valence-corrected chi connectivity index (χ1v) is 8.26. The van der Waals surface area contributed by atoms with Crippen LogP contribution in [0.3, 0.4) is 0 Å². The van der Waals surface area contributed by atoms with E-state index in [2.05, 4.69) is 10.6 Å². The number of hydrogen-bond donors (Lipinski definition) is 2. The average molecular weight is 340 g/mol. The Bertz CT molecular complexity index is 704. The van der Waals surface area contributed by atoms with Crippen molar-refractivity contribution in [1.82, 2.24) is 5.32 Å². The maximum atomic E-state index is 12.1. The van der Waals surface area contributed by atoms with Gasteiger partial charge in [0.1, 0.15) is 5.60 Å². The first kappa shape index (κ1) is 18.5. The molecule has 0 radical (unpaired) electrons. The van der Waals surface area contributed by atoms with E-state index in [0.717, 1.165) is 6.42 Å². The average Bonchev–Trinajstić information content (AvgIpc) is 2.54. The Morgan fingerprint density at radius 3 is 2.20 bits per heavy atom. The SMILES string of the molecule is CC(C)(C)OC(=O)Nc1ccc(C(=O)NCCc2ccccc2)cc1. The maximum absolute atomic E-state index is 12.1. The van der Waals surface area contributed by atoms with Gasteiger partial charge in [0, 0.05) is 17.8 Å². The third-order valence-electron chi connectivity index (χ3n) is 3.33. The third-order valence-corrected chi connectivity index (χ3v) is 3.33. The Morgan fingerprint density at radius 1 is 0.960 bits per heavy atom. The van der Waals surface area contributed by atoms with Crippen molar-refractivity contribution in [3.8, 4) is 0 Å². The van der Waals surface area contributed by atoms with Crippen LogP contribution < -0.4 is 10.6 Å². The molecule has 25 heavy (non-hydrogen) atoms. The van der Waals surface area contributed by atoms with E-state index in [4.69, 9.17) is 4.74 Å². The zero-order valence-electron chi connectivity index (χ0n) is 14.8. The van der Waals surface area contributed by atoms with Crippen LogP contribution in [0.25, 0.3) is 0 Å². The summed E-state index contributed by atoms with van der Waals surface area (Å²) in [5, 5.41) is 5.52. The van der Waals surface area contributed by atoms with Crippen LogP contribution in [0.4, 0.5) is 10.5 Å². The number of anilines is 1. The molecule has 0 unspecified atom stereocenters. The van der Waals surface area contributed by atoms with Crippen LogP contribution in [-0.2, 0) is 11.2 Å². The van der Waals surface area contributed by atoms with Crippen LogP contribution in [0, 0.1) is 0 Å². The lowest BCUT2D eigenvalue weighted by molar-refractivity contribution is 0.0635. The second-order valence-corrected chi connectivity index (χ2v) is 6.70. The van der Waals surface area contributed by atoms with Crippen molar-refractivity contribution in [3.05, 3.63) is 65.7 Å². The fraction of sp³-hybridized carbons (Fsp3) is 0.300. The van der Waals surface area contributed by atoms with Gasteiger partial charge in [0.2, 0.25) is 0 Å². The molecule has 2 N–H and O–H groups in total. The molecule has 0 aliphatic rings. The van der Waals surface area contributed by atoms with E-state index in [-0.39, 0.29) is 5.91 Å². The predicted molar refractivity (Wildman–Crippen MR) is 98.8 cm³/mol. The predicted octanol–water partition coefficient (Wildman–Crippen LogP) is 4.01. The molecule has 0 spiro atoms. The van der Waals surface area contributed by atoms with E-state index in [0.29, 0.717) is 17.8 Å². The van der Waals surface area contributed by atoms with Crippen molar-refractivity contribution in [2.75, 3.05) is 11.9 Å². The minimum absolute atomic E-state index is 0.139. The van der Waals surface area contributed by atoms with E-state index >= 15 is 0 Å². The lowest BCUT2D eigenvalue weighted by Crippen LogP contribution is -2.27. The normalized spacial score (nSPS) is 10.8. The fourth-order valence-corrected chi connectivity index (χ4v) is 2.19. The van der Waals surface area contributed by atoms with Gasteiger partial charge >= 0.3 is 6.09 Å². The second-order valence-electron chi connectivity index (χ2n) is 6.70. The van der Waals surface area contributed by atoms with Crippen LogP contribution in [0.1, 0.15) is 36.7 Å². The molecule has 0 aromatic heterocycles. The van der Waals surface area contributed by atoms with Crippen LogP contribution in [-0.4, -0.2) is 24.1 Å². The molecule has 2 aromatic rings. The van der Waals surface area contributed by atoms with E-state index in [9.17, 15) is 9.59 Å². The quantitative estimate of drug-likeness (QED) is 0.864. The van der Waals surface area contributed by atoms with E-state index in [1.165, 1.54) is 5.56 Å². The Morgan fingerprint density at radius 2 is 1.60 bits per heavy atom. The topological polar surface area (TPSA) is 67.4 Å². The number of nitrogens with one attached hydrogen (secondary N) is 2. The number of benzene rings is 2. The molecular weight excluding hydrogens is 316 g/mol. The summed E-state index contributed by atoms with van der Waals surface area (Å²) in [6, 6.07) is 16.7. The van der Waals surface area contributed by atoms with Gasteiger partial charge in [0.05, 0.1) is 0 Å². The lowest BCUT2D eigenvalue weighted by atomic mass is 10.1. The van der Waals surface area contributed by atoms with Gasteiger partial charge < -0.3 is 10.1 Å². The van der Waals surface area contributed by atoms with Crippen molar-refractivity contribution in [3.63, 3.8) is 0 Å². The summed E-state index contributed by atoms with van der Waals surface area (Å²) in [6.07, 6.45) is 0.262. The zero-order valence-corrected chi connectivity index (χ0v) is 14.8. The van der Waals surface area contributed by atoms with Crippen LogP contribution in [0.2, 0.25) is 0 Å². The summed E-state index contributed by atoms with van der Waals surface area (Å²) in [6.45, 7) is 5.97. The van der Waals surface area contributed by atoms with Crippen LogP contribution in [0.5, 0.6) is 0 Å². The molecule has 2 amide bonds. The Balaban J connectivity index is 1.82. The molecule has 5 nitrogen and oxygen atoms in total. The van der Waals surface area contributed by atoms with Gasteiger partial charge in [0.15, 0.2) is 0 Å². The summed E-state index contributed by atoms with van der Waals surface area (Å²) in [5.74, 6) is -0.139. The molecule has 0 atom stereocenters. The van der Waals surface area contributed by atoms with Gasteiger partial charge in [-0.1, -0.05) is 30.3 Å². The highest BCUT2D eigenvalue weighted by molar-refractivity contribution is 5.95. The highest BCUT2D eigenvalue weighted by Crippen LogP contribution is 2.13. The summed E-state index contributed by atoms with van der Waals surface area (Å²) < 4.78 is 5.19. The van der Waals surface area contributed by atoms with Crippen molar-refractivity contribution in [1.29, 1.82) is 0 Å². The molecule has 0 heterocycles. The summed E-state index contributed by atoms with van der Waals surface area (Å²) >= 11 is 0. The number of hydrogen-bond acceptors (Lipinski definition) is 3. The molecule has 0 fully saturated rings. The molecule has 0 saturated heterocycles. The molecule has 0 saturated carbocycles. The van der Waals surface area contributed by atoms with Crippen molar-refractivity contribution >= 4 is 17.7 Å². The van der Waals surface area contributed by atoms with Crippen LogP contribution >= 0.6 is 0 Å². The molecule has 5 heteroatoms. The standard InChI is InChI=1S/C20H24N2O3/c1-20(2,3)25-19(24)22-17-11-9-16(10-12-17)18(23)21-14-13-15-7-5-4-6-8-15/h4-12H,13-14H2,1-3H3,(H,21,23)(H,22,24). The second kappa shape index (κ2) is 8.33. The third kappa shape index (κ3) is 6.67. The summed E-state index contributed by atoms with van der Waals surface area (Å²) in [7, 11) is 0. The molecule has 2 rings (SSSR count). The van der Waals surface area contributed by atoms with E-state index in [1.54, 1.807) is 45.0 Å². The minimum Gasteiger partial charge on any atom is -0.444 e. The summed E-state index contributed by atoms with van der Waals surface area (Å²) in [4.78, 5) is 23.8. The van der Waals surface area contributed by atoms with Gasteiger partial charge in [-0.3, -0.25) is 10.1 Å². The Labute approximate surface area is 148 Å². The molecular formula is C20H24N2O3. The van der Waals surface area contributed by atoms with Crippen LogP contribution in [0.15, 0.2) is 54.6 Å². The minimum atomic E-state index is -0.553. The number of rotatable bonds is 5. The monoisotopic (exact) mass is 340 g/mol. The van der Waals surface area contributed by atoms with Crippen molar-refractivity contribution in [2.45, 2.75) is 32.8 Å². The summed E-state index contributed by atoms with van der Waals surface area (Å²) in [5.41, 5.74) is 1.75. The fourth-order valence-electron chi connectivity index (χ4n) is 2.19. The highest BCUT2D eigenvalue weighted by Gasteiger charge is 2.16. The zero-order chi connectivity index (χ0) is 18.3. The Hall–Kier alpha value is -2.82. The Kier molecular flexibility index (Phi) is 6.17. The molecule has 0 aliphatic heterocycles. The van der Waals surface area contributed by atoms with Gasteiger partial charge in [-0.2, -0.15) is 0 Å². The largest absolute Gasteiger partial charge is 0.444 e. The first-order valence-electron chi connectivity index (χ1n) is 8.26. The number of amides is 2. The van der Waals surface area contributed by atoms with Gasteiger partial charge in [-0.05, 0) is 57.0 Å². The van der Waals surface area contributed by atoms with Gasteiger partial charge in [0.25, 0.3) is 5.91 Å². The number of ether oxygens (including phenoxy) is 1. The molecule has 0 aliphatic carbocycles. The van der Waals surface area contributed by atoms with E-state index in [1.807, 2.05) is 30.3 Å². The maximum Gasteiger partial charge on any atom is 0.412 e. The van der Waals surface area contributed by atoms with Crippen molar-refractivity contribution < 1.29 is 14.3 Å². The molecule has 2 aromatic carbocycles. The van der Waals surface area contributed by atoms with Gasteiger partial charge in [-0.25, -0.2) is 4.79 Å². The van der Waals surface area contributed by atoms with Gasteiger partial charge in [-0.15, -0.1) is 0 Å². The van der Waals surface area contributed by atoms with E-state index < -0.39 is 11.7 Å². The first-order chi connectivity index (χ1) is 11.8. The number of carbonyl (C=O) groups excluding carboxylic acids is 2. The molecule has 0 bridgehead atoms. The molecule has 132 valence electrons. The highest BCUT2D eigenvalue weighted by atomic mass is 16.6. The smallest absolute Gasteiger partial charge is 0.412 e. The van der Waals surface area contributed by atoms with Crippen molar-refractivity contribution in [2.24, 2.45) is 0 Å². The number of carbonyl (C=O) groups is 2. The lowest BCUT2D eigenvalue weighted by Gasteiger charge is -2.19.